The number of halogens is 1. The van der Waals surface area contributed by atoms with Crippen LogP contribution in [0.4, 0.5) is 5.69 Å². The lowest BCUT2D eigenvalue weighted by Gasteiger charge is -2.21. The minimum atomic E-state index is -3.92. The molecule has 2 aromatic rings. The summed E-state index contributed by atoms with van der Waals surface area (Å²) in [5.74, 6) is -0.265. The average Bonchev–Trinajstić information content (AvgIpc) is 2.63. The Kier molecular flexibility index (Phi) is 7.19. The molecular weight excluding hydrogens is 408 g/mol. The fourth-order valence-corrected chi connectivity index (χ4v) is 5.21. The number of aryl methyl sites for hydroxylation is 1. The fourth-order valence-electron chi connectivity index (χ4n) is 3.64. The van der Waals surface area contributed by atoms with Crippen LogP contribution in [0.25, 0.3) is 0 Å². The Hall–Kier alpha value is -2.05. The monoisotopic (exact) mass is 434 g/mol. The van der Waals surface area contributed by atoms with Crippen LogP contribution >= 0.6 is 11.6 Å². The van der Waals surface area contributed by atoms with Gasteiger partial charge < -0.3 is 5.32 Å². The van der Waals surface area contributed by atoms with Gasteiger partial charge in [-0.2, -0.15) is 0 Å². The van der Waals surface area contributed by atoms with Crippen LogP contribution in [0.2, 0.25) is 5.02 Å². The molecule has 0 radical (unpaired) electrons. The Labute approximate surface area is 177 Å². The molecule has 2 aromatic carbocycles. The van der Waals surface area contributed by atoms with Gasteiger partial charge >= 0.3 is 0 Å². The SMILES string of the molecule is Cc1cccc(NS(=O)(=O)c2cc(C(=O)NC3CCCCCCC3)ccc2Cl)c1. The zero-order valence-electron chi connectivity index (χ0n) is 16.6. The highest BCUT2D eigenvalue weighted by molar-refractivity contribution is 7.92. The van der Waals surface area contributed by atoms with Gasteiger partial charge in [0, 0.05) is 17.3 Å². The molecule has 1 amide bonds. The highest BCUT2D eigenvalue weighted by atomic mass is 35.5. The van der Waals surface area contributed by atoms with E-state index in [4.69, 9.17) is 11.6 Å². The quantitative estimate of drug-likeness (QED) is 0.671. The van der Waals surface area contributed by atoms with Crippen LogP contribution in [0.15, 0.2) is 47.4 Å². The van der Waals surface area contributed by atoms with Gasteiger partial charge in [0.05, 0.1) is 5.02 Å². The van der Waals surface area contributed by atoms with Gasteiger partial charge in [-0.05, 0) is 55.7 Å². The van der Waals surface area contributed by atoms with Crippen molar-refractivity contribution >= 4 is 33.2 Å². The van der Waals surface area contributed by atoms with Crippen LogP contribution in [-0.4, -0.2) is 20.4 Å². The van der Waals surface area contributed by atoms with Crippen molar-refractivity contribution in [1.82, 2.24) is 5.32 Å². The molecule has 0 saturated heterocycles. The summed E-state index contributed by atoms with van der Waals surface area (Å²) in [5, 5.41) is 3.14. The van der Waals surface area contributed by atoms with Crippen molar-refractivity contribution in [3.63, 3.8) is 0 Å². The first-order valence-corrected chi connectivity index (χ1v) is 11.9. The number of anilines is 1. The molecular formula is C22H27ClN2O3S. The smallest absolute Gasteiger partial charge is 0.263 e. The third-order valence-corrected chi connectivity index (χ3v) is 7.06. The molecule has 0 spiro atoms. The van der Waals surface area contributed by atoms with Crippen LogP contribution in [0.3, 0.4) is 0 Å². The average molecular weight is 435 g/mol. The lowest BCUT2D eigenvalue weighted by molar-refractivity contribution is 0.0930. The molecule has 0 heterocycles. The van der Waals surface area contributed by atoms with Crippen molar-refractivity contribution in [2.24, 2.45) is 0 Å². The van der Waals surface area contributed by atoms with E-state index in [9.17, 15) is 13.2 Å². The highest BCUT2D eigenvalue weighted by Crippen LogP contribution is 2.26. The van der Waals surface area contributed by atoms with Gasteiger partial charge in [-0.3, -0.25) is 9.52 Å². The number of carbonyl (C=O) groups excluding carboxylic acids is 1. The number of carbonyl (C=O) groups is 1. The first-order valence-electron chi connectivity index (χ1n) is 10.0. The van der Waals surface area contributed by atoms with Crippen LogP contribution < -0.4 is 10.0 Å². The van der Waals surface area contributed by atoms with Crippen LogP contribution in [-0.2, 0) is 10.0 Å². The minimum Gasteiger partial charge on any atom is -0.349 e. The number of amides is 1. The predicted molar refractivity (Wildman–Crippen MR) is 117 cm³/mol. The lowest BCUT2D eigenvalue weighted by atomic mass is 9.96. The normalized spacial score (nSPS) is 15.9. The second kappa shape index (κ2) is 9.63. The molecule has 0 unspecified atom stereocenters. The van der Waals surface area contributed by atoms with Crippen molar-refractivity contribution in [3.8, 4) is 0 Å². The summed E-state index contributed by atoms with van der Waals surface area (Å²) in [6.45, 7) is 1.88. The van der Waals surface area contributed by atoms with Crippen molar-refractivity contribution in [2.45, 2.75) is 62.8 Å². The van der Waals surface area contributed by atoms with Crippen molar-refractivity contribution in [3.05, 3.63) is 58.6 Å². The van der Waals surface area contributed by atoms with Crippen LogP contribution in [0, 0.1) is 6.92 Å². The predicted octanol–water partition coefficient (Wildman–Crippen LogP) is 5.29. The summed E-state index contributed by atoms with van der Waals surface area (Å²) >= 11 is 6.16. The minimum absolute atomic E-state index is 0.0765. The second-order valence-electron chi connectivity index (χ2n) is 7.64. The molecule has 0 aliphatic heterocycles. The molecule has 0 aromatic heterocycles. The number of hydrogen-bond acceptors (Lipinski definition) is 3. The molecule has 2 N–H and O–H groups in total. The summed E-state index contributed by atoms with van der Waals surface area (Å²) < 4.78 is 28.2. The largest absolute Gasteiger partial charge is 0.349 e. The second-order valence-corrected chi connectivity index (χ2v) is 9.69. The van der Waals surface area contributed by atoms with E-state index < -0.39 is 10.0 Å². The molecule has 7 heteroatoms. The molecule has 5 nitrogen and oxygen atoms in total. The first kappa shape index (κ1) is 21.7. The zero-order valence-corrected chi connectivity index (χ0v) is 18.2. The fraction of sp³-hybridized carbons (Fsp3) is 0.409. The Balaban J connectivity index is 1.78. The van der Waals surface area contributed by atoms with Gasteiger partial charge in [0.1, 0.15) is 4.90 Å². The maximum absolute atomic E-state index is 12.9. The van der Waals surface area contributed by atoms with E-state index in [0.29, 0.717) is 11.3 Å². The Bertz CT molecular complexity index is 968. The van der Waals surface area contributed by atoms with Crippen molar-refractivity contribution < 1.29 is 13.2 Å². The van der Waals surface area contributed by atoms with Gasteiger partial charge in [0.15, 0.2) is 0 Å². The van der Waals surface area contributed by atoms with E-state index in [2.05, 4.69) is 10.0 Å². The van der Waals surface area contributed by atoms with Crippen molar-refractivity contribution in [2.75, 3.05) is 4.72 Å². The van der Waals surface area contributed by atoms with Gasteiger partial charge in [-0.25, -0.2) is 8.42 Å². The summed E-state index contributed by atoms with van der Waals surface area (Å²) in [7, 11) is -3.92. The Morgan fingerprint density at radius 3 is 2.38 bits per heavy atom. The molecule has 0 bridgehead atoms. The molecule has 0 atom stereocenters. The van der Waals surface area contributed by atoms with E-state index >= 15 is 0 Å². The topological polar surface area (TPSA) is 75.3 Å². The summed E-state index contributed by atoms with van der Waals surface area (Å²) in [5.41, 5.74) is 1.68. The zero-order chi connectivity index (χ0) is 20.9. The van der Waals surface area contributed by atoms with E-state index in [1.54, 1.807) is 24.3 Å². The molecule has 29 heavy (non-hydrogen) atoms. The number of sulfonamides is 1. The third kappa shape index (κ3) is 5.97. The Morgan fingerprint density at radius 1 is 1.00 bits per heavy atom. The number of nitrogens with one attached hydrogen (secondary N) is 2. The molecule has 1 saturated carbocycles. The van der Waals surface area contributed by atoms with Crippen LogP contribution in [0.5, 0.6) is 0 Å². The maximum atomic E-state index is 12.9. The lowest BCUT2D eigenvalue weighted by Crippen LogP contribution is -2.35. The summed E-state index contributed by atoms with van der Waals surface area (Å²) in [4.78, 5) is 12.6. The number of rotatable bonds is 5. The van der Waals surface area contributed by atoms with Gasteiger partial charge in [-0.1, -0.05) is 55.8 Å². The van der Waals surface area contributed by atoms with E-state index in [1.165, 1.54) is 31.4 Å². The van der Waals surface area contributed by atoms with E-state index in [1.807, 2.05) is 13.0 Å². The van der Waals surface area contributed by atoms with Gasteiger partial charge in [0.25, 0.3) is 15.9 Å². The highest BCUT2D eigenvalue weighted by Gasteiger charge is 2.22. The summed E-state index contributed by atoms with van der Waals surface area (Å²) in [6.07, 6.45) is 7.77. The van der Waals surface area contributed by atoms with Crippen molar-refractivity contribution in [1.29, 1.82) is 0 Å². The molecule has 156 valence electrons. The third-order valence-electron chi connectivity index (χ3n) is 5.19. The summed E-state index contributed by atoms with van der Waals surface area (Å²) in [6, 6.07) is 11.5. The maximum Gasteiger partial charge on any atom is 0.263 e. The molecule has 1 aliphatic rings. The first-order chi connectivity index (χ1) is 13.8. The van der Waals surface area contributed by atoms with E-state index in [0.717, 1.165) is 31.2 Å². The molecule has 3 rings (SSSR count). The number of hydrogen-bond donors (Lipinski definition) is 2. The van der Waals surface area contributed by atoms with Gasteiger partial charge in [-0.15, -0.1) is 0 Å². The van der Waals surface area contributed by atoms with Gasteiger partial charge in [0.2, 0.25) is 0 Å². The molecule has 1 aliphatic carbocycles. The number of benzene rings is 2. The standard InChI is InChI=1S/C22H27ClN2O3S/c1-16-8-7-11-19(14-16)25-29(27,28)21-15-17(12-13-20(21)23)22(26)24-18-9-5-3-2-4-6-10-18/h7-8,11-15,18,25H,2-6,9-10H2,1H3,(H,24,26). The van der Waals surface area contributed by atoms with E-state index in [-0.39, 0.29) is 21.9 Å². The molecule has 1 fully saturated rings. The van der Waals surface area contributed by atoms with Crippen LogP contribution in [0.1, 0.15) is 60.9 Å². The Morgan fingerprint density at radius 2 is 1.69 bits per heavy atom.